The third kappa shape index (κ3) is 7.83. The summed E-state index contributed by atoms with van der Waals surface area (Å²) in [6.45, 7) is 4.42. The molecule has 198 valence electrons. The molecule has 1 saturated heterocycles. The highest BCUT2D eigenvalue weighted by Crippen LogP contribution is 2.18. The molecular formula is C26H36FN3O6. The molecule has 4 N–H and O–H groups in total. The number of carbonyl (C=O) groups excluding carboxylic acids is 2. The van der Waals surface area contributed by atoms with Gasteiger partial charge in [0.2, 0.25) is 5.91 Å². The number of aliphatic hydroxyl groups excluding tert-OH is 3. The number of allylic oxidation sites excluding steroid dienone is 1. The van der Waals surface area contributed by atoms with Gasteiger partial charge in [0.25, 0.3) is 5.91 Å². The number of methoxy groups -OCH3 is 1. The molecule has 1 aliphatic rings. The summed E-state index contributed by atoms with van der Waals surface area (Å²) in [6, 6.07) is 5.00. The zero-order chi connectivity index (χ0) is 26.8. The molecule has 10 heteroatoms. The molecule has 2 amide bonds. The van der Waals surface area contributed by atoms with Crippen LogP contribution in [0.4, 0.5) is 4.39 Å². The Kier molecular flexibility index (Phi) is 11.5. The molecule has 9 nitrogen and oxygen atoms in total. The normalized spacial score (nSPS) is 20.8. The predicted octanol–water partition coefficient (Wildman–Crippen LogP) is 1.39. The average molecular weight is 506 g/mol. The lowest BCUT2D eigenvalue weighted by molar-refractivity contribution is -0.151. The lowest BCUT2D eigenvalue weighted by Gasteiger charge is -2.29. The number of rotatable bonds is 11. The number of nitrogens with one attached hydrogen (secondary N) is 1. The lowest BCUT2D eigenvalue weighted by atomic mass is 9.99. The molecule has 2 rings (SSSR count). The van der Waals surface area contributed by atoms with Crippen molar-refractivity contribution < 1.29 is 34.0 Å². The Balaban J connectivity index is 2.07. The highest BCUT2D eigenvalue weighted by Gasteiger charge is 2.37. The van der Waals surface area contributed by atoms with Crippen molar-refractivity contribution in [1.29, 1.82) is 5.26 Å². The topological polar surface area (TPSA) is 143 Å². The number of hydrogen-bond donors (Lipinski definition) is 4. The molecule has 1 aromatic carbocycles. The van der Waals surface area contributed by atoms with Crippen LogP contribution >= 0.6 is 0 Å². The molecule has 0 aliphatic carbocycles. The van der Waals surface area contributed by atoms with Crippen LogP contribution in [0.3, 0.4) is 0 Å². The summed E-state index contributed by atoms with van der Waals surface area (Å²) >= 11 is 0. The Morgan fingerprint density at radius 1 is 1.31 bits per heavy atom. The molecule has 0 spiro atoms. The molecule has 6 atom stereocenters. The number of nitrogens with zero attached hydrogens (tertiary/aromatic N) is 2. The Bertz CT molecular complexity index is 965. The molecule has 0 bridgehead atoms. The van der Waals surface area contributed by atoms with Crippen LogP contribution in [-0.2, 0) is 20.9 Å². The maximum absolute atomic E-state index is 14.0. The largest absolute Gasteiger partial charge is 0.387 e. The molecule has 36 heavy (non-hydrogen) atoms. The molecule has 1 aliphatic heterocycles. The van der Waals surface area contributed by atoms with Gasteiger partial charge in [-0.2, -0.15) is 5.26 Å². The Hall–Kier alpha value is -2.84. The summed E-state index contributed by atoms with van der Waals surface area (Å²) in [5, 5.41) is 42.6. The van der Waals surface area contributed by atoms with Crippen molar-refractivity contribution in [3.05, 3.63) is 47.3 Å². The summed E-state index contributed by atoms with van der Waals surface area (Å²) in [5.74, 6) is -1.67. The quantitative estimate of drug-likeness (QED) is 0.333. The van der Waals surface area contributed by atoms with Crippen molar-refractivity contribution in [2.75, 3.05) is 13.7 Å². The average Bonchev–Trinajstić information content (AvgIpc) is 3.03. The number of likely N-dealkylation sites (tertiary alicyclic amines) is 1. The van der Waals surface area contributed by atoms with E-state index in [-0.39, 0.29) is 23.9 Å². The first-order chi connectivity index (χ1) is 17.1. The molecule has 1 unspecified atom stereocenters. The fourth-order valence-corrected chi connectivity index (χ4v) is 3.95. The van der Waals surface area contributed by atoms with E-state index in [9.17, 15) is 29.3 Å². The van der Waals surface area contributed by atoms with Gasteiger partial charge < -0.3 is 30.3 Å². The van der Waals surface area contributed by atoms with E-state index in [0.29, 0.717) is 31.4 Å². The van der Waals surface area contributed by atoms with E-state index in [1.54, 1.807) is 18.2 Å². The summed E-state index contributed by atoms with van der Waals surface area (Å²) < 4.78 is 19.1. The molecule has 1 aromatic rings. The van der Waals surface area contributed by atoms with Crippen LogP contribution in [0, 0.1) is 23.1 Å². The number of carbonyl (C=O) groups is 2. The third-order valence-electron chi connectivity index (χ3n) is 6.43. The first kappa shape index (κ1) is 29.4. The summed E-state index contributed by atoms with van der Waals surface area (Å²) in [5.41, 5.74) is 0.428. The maximum Gasteiger partial charge on any atom is 0.252 e. The van der Waals surface area contributed by atoms with Crippen LogP contribution in [0.15, 0.2) is 30.4 Å². The van der Waals surface area contributed by atoms with E-state index in [0.717, 1.165) is 6.42 Å². The number of ether oxygens (including phenoxy) is 1. The minimum atomic E-state index is -1.75. The molecular weight excluding hydrogens is 469 g/mol. The van der Waals surface area contributed by atoms with Crippen molar-refractivity contribution in [2.45, 2.75) is 76.5 Å². The van der Waals surface area contributed by atoms with Crippen LogP contribution < -0.4 is 5.32 Å². The zero-order valence-electron chi connectivity index (χ0n) is 20.9. The highest BCUT2D eigenvalue weighted by molar-refractivity contribution is 5.89. The van der Waals surface area contributed by atoms with Crippen LogP contribution in [0.5, 0.6) is 0 Å². The van der Waals surface area contributed by atoms with E-state index in [4.69, 9.17) is 10.00 Å². The van der Waals surface area contributed by atoms with E-state index in [1.165, 1.54) is 30.2 Å². The van der Waals surface area contributed by atoms with Gasteiger partial charge >= 0.3 is 0 Å². The van der Waals surface area contributed by atoms with Gasteiger partial charge in [0, 0.05) is 20.2 Å². The third-order valence-corrected chi connectivity index (χ3v) is 6.43. The van der Waals surface area contributed by atoms with Gasteiger partial charge in [-0.25, -0.2) is 4.39 Å². The van der Waals surface area contributed by atoms with Gasteiger partial charge in [-0.1, -0.05) is 38.5 Å². The van der Waals surface area contributed by atoms with Crippen molar-refractivity contribution in [1.82, 2.24) is 10.2 Å². The molecule has 0 radical (unpaired) electrons. The second-order valence-corrected chi connectivity index (χ2v) is 9.14. The minimum Gasteiger partial charge on any atom is -0.387 e. The van der Waals surface area contributed by atoms with Gasteiger partial charge in [0.05, 0.1) is 5.56 Å². The number of hydrogen-bond acceptors (Lipinski definition) is 7. The first-order valence-corrected chi connectivity index (χ1v) is 12.2. The molecule has 0 aromatic heterocycles. The van der Waals surface area contributed by atoms with Crippen molar-refractivity contribution in [2.24, 2.45) is 5.92 Å². The molecule has 1 heterocycles. The fourth-order valence-electron chi connectivity index (χ4n) is 3.95. The number of amides is 2. The minimum absolute atomic E-state index is 0.0853. The summed E-state index contributed by atoms with van der Waals surface area (Å²) in [6.07, 6.45) is -0.774. The Morgan fingerprint density at radius 3 is 2.64 bits per heavy atom. The van der Waals surface area contributed by atoms with E-state index in [2.05, 4.69) is 5.32 Å². The van der Waals surface area contributed by atoms with Crippen molar-refractivity contribution in [3.8, 4) is 6.07 Å². The van der Waals surface area contributed by atoms with Gasteiger partial charge in [-0.05, 0) is 42.9 Å². The van der Waals surface area contributed by atoms with Crippen LogP contribution in [-0.4, -0.2) is 76.1 Å². The van der Waals surface area contributed by atoms with Crippen molar-refractivity contribution in [3.63, 3.8) is 0 Å². The SMILES string of the molecule is CCC(C)C=C[C@@H](O)[C@H](O)[C@@H](O)[C@@H](OC)C(=O)N[C@H]1CCCCN(Cc2ccc(C#N)c(F)c2)C1=O. The Morgan fingerprint density at radius 2 is 2.03 bits per heavy atom. The van der Waals surface area contributed by atoms with Gasteiger partial charge in [0.1, 0.15) is 36.2 Å². The first-order valence-electron chi connectivity index (χ1n) is 12.2. The number of benzene rings is 1. The van der Waals surface area contributed by atoms with Crippen LogP contribution in [0.25, 0.3) is 0 Å². The van der Waals surface area contributed by atoms with Gasteiger partial charge in [0.15, 0.2) is 6.10 Å². The summed E-state index contributed by atoms with van der Waals surface area (Å²) in [4.78, 5) is 27.6. The van der Waals surface area contributed by atoms with Crippen LogP contribution in [0.2, 0.25) is 0 Å². The van der Waals surface area contributed by atoms with Gasteiger partial charge in [-0.3, -0.25) is 9.59 Å². The smallest absolute Gasteiger partial charge is 0.252 e. The van der Waals surface area contributed by atoms with Crippen molar-refractivity contribution >= 4 is 11.8 Å². The highest BCUT2D eigenvalue weighted by atomic mass is 19.1. The summed E-state index contributed by atoms with van der Waals surface area (Å²) in [7, 11) is 1.18. The zero-order valence-corrected chi connectivity index (χ0v) is 20.9. The van der Waals surface area contributed by atoms with E-state index in [1.807, 2.05) is 13.8 Å². The molecule has 1 fully saturated rings. The van der Waals surface area contributed by atoms with Gasteiger partial charge in [-0.15, -0.1) is 0 Å². The Labute approximate surface area is 211 Å². The second kappa shape index (κ2) is 14.0. The fraction of sp³-hybridized carbons (Fsp3) is 0.577. The second-order valence-electron chi connectivity index (χ2n) is 9.14. The molecule has 0 saturated carbocycles. The lowest BCUT2D eigenvalue weighted by Crippen LogP contribution is -2.55. The van der Waals surface area contributed by atoms with Crippen LogP contribution in [0.1, 0.15) is 50.7 Å². The predicted molar refractivity (Wildman–Crippen MR) is 130 cm³/mol. The number of nitriles is 1. The maximum atomic E-state index is 14.0. The number of aliphatic hydroxyl groups is 3. The van der Waals surface area contributed by atoms with E-state index < -0.39 is 42.2 Å². The standard InChI is InChI=1S/C26H36FN3O6/c1-4-16(2)8-11-21(31)22(32)23(33)24(36-3)25(34)29-20-7-5-6-12-30(26(20)35)15-17-9-10-18(14-28)19(27)13-17/h8-11,13,16,20-24,31-33H,4-7,12,15H2,1-3H3,(H,29,34)/t16?,20-,21+,22-,23+,24+/m0/s1. The van der Waals surface area contributed by atoms with E-state index >= 15 is 0 Å². The number of halogens is 1. The monoisotopic (exact) mass is 505 g/mol.